The van der Waals surface area contributed by atoms with Crippen molar-refractivity contribution >= 4 is 0 Å². The molecular weight excluding hydrogens is 1010 g/mol. The van der Waals surface area contributed by atoms with Crippen molar-refractivity contribution in [3.63, 3.8) is 0 Å². The summed E-state index contributed by atoms with van der Waals surface area (Å²) in [5, 5.41) is 18.2. The van der Waals surface area contributed by atoms with Crippen molar-refractivity contribution in [1.29, 1.82) is 0 Å². The molecule has 0 amide bonds. The molecule has 370 valence electrons. The molecule has 0 heterocycles. The highest BCUT2D eigenvalue weighted by Gasteiger charge is 2.92. The van der Waals surface area contributed by atoms with Crippen molar-refractivity contribution in [1.82, 2.24) is 0 Å². The van der Waals surface area contributed by atoms with Gasteiger partial charge in [0.15, 0.2) is 34.8 Å². The maximum Gasteiger partial charge on any atom is 0.460 e. The molecule has 2 N–H and O–H groups in total. The molecule has 0 saturated carbocycles. The molecule has 0 aliphatic carbocycles. The average Bonchev–Trinajstić information content (AvgIpc) is 3.12. The molecule has 64 heavy (non-hydrogen) atoms. The van der Waals surface area contributed by atoms with Crippen LogP contribution < -0.4 is 0 Å². The number of aromatic hydroxyl groups is 2. The van der Waals surface area contributed by atoms with Crippen molar-refractivity contribution in [2.24, 2.45) is 0 Å². The van der Waals surface area contributed by atoms with E-state index >= 15 is 35.1 Å². The fourth-order valence-electron chi connectivity index (χ4n) is 5.23. The van der Waals surface area contributed by atoms with Crippen LogP contribution >= 0.6 is 0 Å². The van der Waals surface area contributed by atoms with Gasteiger partial charge in [-0.1, -0.05) is 0 Å². The van der Waals surface area contributed by atoms with Gasteiger partial charge in [0, 0.05) is 35.8 Å². The van der Waals surface area contributed by atoms with Crippen LogP contribution in [-0.2, 0) is 0 Å². The van der Waals surface area contributed by atoms with Gasteiger partial charge < -0.3 is 10.2 Å². The minimum absolute atomic E-state index is 3.28. The summed E-state index contributed by atoms with van der Waals surface area (Å²) in [4.78, 5) is 0. The number of halogens is 34. The van der Waals surface area contributed by atoms with Gasteiger partial charge in [0.1, 0.15) is 0 Å². The molecule has 2 rings (SSSR count). The van der Waals surface area contributed by atoms with Crippen LogP contribution in [0.4, 0.5) is 149 Å². The highest BCUT2D eigenvalue weighted by Crippen LogP contribution is 2.65. The van der Waals surface area contributed by atoms with Gasteiger partial charge in [-0.2, -0.15) is 132 Å². The van der Waals surface area contributed by atoms with Crippen LogP contribution in [0.3, 0.4) is 0 Å². The summed E-state index contributed by atoms with van der Waals surface area (Å²) in [7, 11) is 0. The van der Waals surface area contributed by atoms with Gasteiger partial charge in [-0.3, -0.25) is 0 Å². The highest BCUT2D eigenvalue weighted by atomic mass is 19.4. The molecule has 2 aromatic carbocycles. The first-order valence-corrected chi connectivity index (χ1v) is 14.8. The predicted octanol–water partition coefficient (Wildman–Crippen LogP) is 13.3. The summed E-state index contributed by atoms with van der Waals surface area (Å²) < 4.78 is 479. The monoisotopic (exact) mass is 1020 g/mol. The standard InChI is InChI=1S/C28H8F34O2/c29-7-5(8(30)12(34)15(63)11(7)33)3(1-17(37,38)19(41,42)21(45,46)23(49,50)25(53,54)27(57,58)59)4(6-9(31)13(35)16(64)14(36)10(6)32)2-18(39,40)20(43,44)22(47,48)24(51,52)26(55,56)28(60,61)62/h3-4,63-64H,1-2H2. The lowest BCUT2D eigenvalue weighted by Gasteiger charge is -2.42. The number of alkyl halides is 26. The maximum atomic E-state index is 15.3. The second kappa shape index (κ2) is 15.6. The van der Waals surface area contributed by atoms with E-state index in [2.05, 4.69) is 0 Å². The number of phenolic OH excluding ortho intramolecular Hbond substituents is 2. The fourth-order valence-corrected chi connectivity index (χ4v) is 5.23. The second-order valence-electron chi connectivity index (χ2n) is 12.7. The van der Waals surface area contributed by atoms with E-state index in [0.29, 0.717) is 0 Å². The Morgan fingerprint density at radius 1 is 0.266 bits per heavy atom. The van der Waals surface area contributed by atoms with Gasteiger partial charge in [0.2, 0.25) is 23.3 Å². The Morgan fingerprint density at radius 2 is 0.438 bits per heavy atom. The molecule has 2 aromatic rings. The first-order valence-electron chi connectivity index (χ1n) is 14.8. The number of rotatable bonds is 15. The van der Waals surface area contributed by atoms with Crippen LogP contribution in [0.25, 0.3) is 0 Å². The third-order valence-corrected chi connectivity index (χ3v) is 8.72. The predicted molar refractivity (Wildman–Crippen MR) is 132 cm³/mol. The van der Waals surface area contributed by atoms with Crippen LogP contribution in [0.1, 0.15) is 35.8 Å². The zero-order valence-electron chi connectivity index (χ0n) is 28.3. The second-order valence-corrected chi connectivity index (χ2v) is 12.7. The summed E-state index contributed by atoms with van der Waals surface area (Å²) in [6.07, 6.45) is -26.6. The molecule has 0 bridgehead atoms. The summed E-state index contributed by atoms with van der Waals surface area (Å²) in [6.45, 7) is 0. The first-order chi connectivity index (χ1) is 27.8. The van der Waals surface area contributed by atoms with Crippen LogP contribution in [-0.4, -0.2) is 81.8 Å². The van der Waals surface area contributed by atoms with E-state index in [0.717, 1.165) is 0 Å². The zero-order chi connectivity index (χ0) is 51.5. The van der Waals surface area contributed by atoms with Crippen molar-refractivity contribution in [3.8, 4) is 11.5 Å². The summed E-state index contributed by atoms with van der Waals surface area (Å²) in [6, 6.07) is 0. The van der Waals surface area contributed by atoms with Crippen molar-refractivity contribution in [3.05, 3.63) is 57.7 Å². The highest BCUT2D eigenvalue weighted by molar-refractivity contribution is 5.42. The molecule has 0 spiro atoms. The van der Waals surface area contributed by atoms with E-state index in [9.17, 15) is 114 Å². The molecule has 0 fully saturated rings. The lowest BCUT2D eigenvalue weighted by Crippen LogP contribution is -2.70. The van der Waals surface area contributed by atoms with Crippen LogP contribution in [0, 0.1) is 46.5 Å². The van der Waals surface area contributed by atoms with E-state index in [1.165, 1.54) is 0 Å². The average molecular weight is 1020 g/mol. The van der Waals surface area contributed by atoms with E-state index in [1.54, 1.807) is 0 Å². The lowest BCUT2D eigenvalue weighted by molar-refractivity contribution is -0.441. The largest absolute Gasteiger partial charge is 0.503 e. The molecular formula is C28H8F34O2. The molecule has 0 aliphatic heterocycles. The fraction of sp³-hybridized carbons (Fsp3) is 0.571. The quantitative estimate of drug-likeness (QED) is 0.138. The Kier molecular flexibility index (Phi) is 13.6. The Hall–Kier alpha value is -4.34. The smallest absolute Gasteiger partial charge is 0.460 e. The molecule has 2 nitrogen and oxygen atoms in total. The third kappa shape index (κ3) is 7.64. The Labute approximate surface area is 326 Å². The number of hydrogen-bond acceptors (Lipinski definition) is 2. The Balaban J connectivity index is 3.38. The molecule has 2 unspecified atom stereocenters. The van der Waals surface area contributed by atoms with E-state index < -0.39 is 165 Å². The van der Waals surface area contributed by atoms with Crippen molar-refractivity contribution in [2.75, 3.05) is 0 Å². The van der Waals surface area contributed by atoms with Gasteiger partial charge in [-0.05, 0) is 0 Å². The maximum absolute atomic E-state index is 15.3. The Morgan fingerprint density at radius 3 is 0.609 bits per heavy atom. The van der Waals surface area contributed by atoms with Gasteiger partial charge in [0.25, 0.3) is 0 Å². The summed E-state index contributed by atoms with van der Waals surface area (Å²) in [5.74, 6) is -138. The van der Waals surface area contributed by atoms with Gasteiger partial charge >= 0.3 is 71.6 Å². The van der Waals surface area contributed by atoms with Gasteiger partial charge in [-0.15, -0.1) is 0 Å². The minimum Gasteiger partial charge on any atom is -0.503 e. The van der Waals surface area contributed by atoms with Crippen LogP contribution in [0.15, 0.2) is 0 Å². The summed E-state index contributed by atoms with van der Waals surface area (Å²) >= 11 is 0. The first kappa shape index (κ1) is 55.8. The molecule has 36 heteroatoms. The molecule has 0 saturated heterocycles. The molecule has 0 aromatic heterocycles. The summed E-state index contributed by atoms with van der Waals surface area (Å²) in [5.41, 5.74) is -8.03. The molecule has 0 aliphatic rings. The van der Waals surface area contributed by atoms with Crippen molar-refractivity contribution < 1.29 is 159 Å². The molecule has 2 atom stereocenters. The van der Waals surface area contributed by atoms with Crippen LogP contribution in [0.5, 0.6) is 11.5 Å². The SMILES string of the molecule is Oc1c(F)c(F)c(C(CC(F)(F)C(F)(F)C(F)(F)C(F)(F)C(F)(F)C(F)(F)F)C(CC(F)(F)C(F)(F)C(F)(F)C(F)(F)C(F)(F)C(F)(F)F)c2c(F)c(F)c(O)c(F)c2F)c(F)c1F. The molecule has 0 radical (unpaired) electrons. The number of benzene rings is 2. The minimum atomic E-state index is -9.19. The van der Waals surface area contributed by atoms with E-state index in [-0.39, 0.29) is 0 Å². The lowest BCUT2D eigenvalue weighted by atomic mass is 9.72. The van der Waals surface area contributed by atoms with Gasteiger partial charge in [-0.25, -0.2) is 17.6 Å². The Bertz CT molecular complexity index is 1890. The number of hydrogen-bond donors (Lipinski definition) is 2. The zero-order valence-corrected chi connectivity index (χ0v) is 28.3. The normalized spacial score (nSPS) is 16.1. The van der Waals surface area contributed by atoms with Crippen molar-refractivity contribution in [2.45, 2.75) is 96.3 Å². The van der Waals surface area contributed by atoms with E-state index in [1.807, 2.05) is 0 Å². The van der Waals surface area contributed by atoms with Gasteiger partial charge in [0.05, 0.1) is 0 Å². The van der Waals surface area contributed by atoms with Crippen LogP contribution in [0.2, 0.25) is 0 Å². The topological polar surface area (TPSA) is 40.5 Å². The van der Waals surface area contributed by atoms with E-state index in [4.69, 9.17) is 10.2 Å². The third-order valence-electron chi connectivity index (χ3n) is 8.72. The number of phenols is 2.